The highest BCUT2D eigenvalue weighted by atomic mass is 16.6. The molecule has 3 rings (SSSR count). The van der Waals surface area contributed by atoms with Gasteiger partial charge in [-0.2, -0.15) is 0 Å². The van der Waals surface area contributed by atoms with E-state index in [9.17, 15) is 4.79 Å². The lowest BCUT2D eigenvalue weighted by Crippen LogP contribution is -2.32. The van der Waals surface area contributed by atoms with Crippen molar-refractivity contribution in [2.24, 2.45) is 17.8 Å². The van der Waals surface area contributed by atoms with Gasteiger partial charge in [0, 0.05) is 0 Å². The SMILES string of the molecule is CC1C(C(=O)OCC2CCCCC2)CCC2OC21. The Hall–Kier alpha value is -0.570. The predicted molar refractivity (Wildman–Crippen MR) is 68.1 cm³/mol. The highest BCUT2D eigenvalue weighted by molar-refractivity contribution is 5.73. The van der Waals surface area contributed by atoms with Gasteiger partial charge in [-0.15, -0.1) is 0 Å². The number of hydrogen-bond acceptors (Lipinski definition) is 3. The molecule has 0 spiro atoms. The van der Waals surface area contributed by atoms with E-state index in [2.05, 4.69) is 6.92 Å². The average molecular weight is 252 g/mol. The quantitative estimate of drug-likeness (QED) is 0.572. The Morgan fingerprint density at radius 3 is 2.72 bits per heavy atom. The van der Waals surface area contributed by atoms with Gasteiger partial charge in [-0.05, 0) is 37.5 Å². The van der Waals surface area contributed by atoms with Crippen LogP contribution in [0.1, 0.15) is 51.9 Å². The number of fused-ring (bicyclic) bond motifs is 1. The summed E-state index contributed by atoms with van der Waals surface area (Å²) < 4.78 is 11.1. The summed E-state index contributed by atoms with van der Waals surface area (Å²) in [5.74, 6) is 1.08. The van der Waals surface area contributed by atoms with E-state index in [1.165, 1.54) is 32.1 Å². The second kappa shape index (κ2) is 5.20. The Labute approximate surface area is 109 Å². The van der Waals surface area contributed by atoms with Crippen molar-refractivity contribution in [2.75, 3.05) is 6.61 Å². The molecule has 4 unspecified atom stereocenters. The van der Waals surface area contributed by atoms with Crippen LogP contribution in [-0.4, -0.2) is 24.8 Å². The second-order valence-corrected chi connectivity index (χ2v) is 6.32. The lowest BCUT2D eigenvalue weighted by atomic mass is 9.80. The van der Waals surface area contributed by atoms with Crippen molar-refractivity contribution in [3.63, 3.8) is 0 Å². The Kier molecular flexibility index (Phi) is 3.60. The first kappa shape index (κ1) is 12.5. The van der Waals surface area contributed by atoms with Crippen LogP contribution in [0.5, 0.6) is 0 Å². The van der Waals surface area contributed by atoms with E-state index >= 15 is 0 Å². The van der Waals surface area contributed by atoms with Gasteiger partial charge in [-0.3, -0.25) is 4.79 Å². The number of carbonyl (C=O) groups is 1. The lowest BCUT2D eigenvalue weighted by molar-refractivity contribution is -0.153. The fourth-order valence-corrected chi connectivity index (χ4v) is 3.68. The minimum Gasteiger partial charge on any atom is -0.465 e. The molecular weight excluding hydrogens is 228 g/mol. The standard InChI is InChI=1S/C15H24O3/c1-10-12(7-8-13-14(10)18-13)15(16)17-9-11-5-3-2-4-6-11/h10-14H,2-9H2,1H3. The highest BCUT2D eigenvalue weighted by Crippen LogP contribution is 2.44. The van der Waals surface area contributed by atoms with E-state index in [4.69, 9.17) is 9.47 Å². The van der Waals surface area contributed by atoms with Crippen LogP contribution < -0.4 is 0 Å². The van der Waals surface area contributed by atoms with Gasteiger partial charge in [0.1, 0.15) is 0 Å². The molecule has 0 bridgehead atoms. The number of ether oxygens (including phenoxy) is 2. The van der Waals surface area contributed by atoms with Gasteiger partial charge < -0.3 is 9.47 Å². The van der Waals surface area contributed by atoms with Gasteiger partial charge in [-0.25, -0.2) is 0 Å². The van der Waals surface area contributed by atoms with Crippen molar-refractivity contribution >= 4 is 5.97 Å². The maximum atomic E-state index is 12.1. The largest absolute Gasteiger partial charge is 0.465 e. The molecule has 1 saturated heterocycles. The summed E-state index contributed by atoms with van der Waals surface area (Å²) in [6, 6.07) is 0. The second-order valence-electron chi connectivity index (χ2n) is 6.32. The number of hydrogen-bond donors (Lipinski definition) is 0. The molecule has 2 aliphatic carbocycles. The summed E-state index contributed by atoms with van der Waals surface area (Å²) in [7, 11) is 0. The fraction of sp³-hybridized carbons (Fsp3) is 0.933. The van der Waals surface area contributed by atoms with E-state index in [1.807, 2.05) is 0 Å². The number of esters is 1. The number of rotatable bonds is 3. The molecule has 3 heteroatoms. The molecule has 0 amide bonds. The summed E-state index contributed by atoms with van der Waals surface area (Å²) in [5.41, 5.74) is 0. The molecule has 0 N–H and O–H groups in total. The zero-order valence-electron chi connectivity index (χ0n) is 11.3. The summed E-state index contributed by atoms with van der Waals surface area (Å²) in [6.07, 6.45) is 9.21. The third kappa shape index (κ3) is 2.56. The monoisotopic (exact) mass is 252 g/mol. The van der Waals surface area contributed by atoms with Gasteiger partial charge >= 0.3 is 5.97 Å². The summed E-state index contributed by atoms with van der Waals surface area (Å²) >= 11 is 0. The third-order valence-electron chi connectivity index (χ3n) is 5.03. The summed E-state index contributed by atoms with van der Waals surface area (Å²) in [6.45, 7) is 2.79. The van der Waals surface area contributed by atoms with Crippen molar-refractivity contribution < 1.29 is 14.3 Å². The first-order valence-corrected chi connectivity index (χ1v) is 7.58. The molecule has 0 aromatic rings. The zero-order chi connectivity index (χ0) is 12.5. The highest BCUT2D eigenvalue weighted by Gasteiger charge is 2.51. The van der Waals surface area contributed by atoms with E-state index < -0.39 is 0 Å². The van der Waals surface area contributed by atoms with E-state index in [1.54, 1.807) is 0 Å². The number of epoxide rings is 1. The normalized spacial score (nSPS) is 40.1. The smallest absolute Gasteiger partial charge is 0.309 e. The van der Waals surface area contributed by atoms with Gasteiger partial charge in [0.2, 0.25) is 0 Å². The molecular formula is C15H24O3. The van der Waals surface area contributed by atoms with Crippen molar-refractivity contribution in [2.45, 2.75) is 64.1 Å². The van der Waals surface area contributed by atoms with Crippen LogP contribution in [0.15, 0.2) is 0 Å². The number of carbonyl (C=O) groups excluding carboxylic acids is 1. The molecule has 4 atom stereocenters. The molecule has 1 heterocycles. The molecule has 1 aliphatic heterocycles. The molecule has 0 aromatic heterocycles. The van der Waals surface area contributed by atoms with Crippen LogP contribution in [0.4, 0.5) is 0 Å². The maximum Gasteiger partial charge on any atom is 0.309 e. The van der Waals surface area contributed by atoms with Crippen molar-refractivity contribution in [3.05, 3.63) is 0 Å². The first-order valence-electron chi connectivity index (χ1n) is 7.58. The van der Waals surface area contributed by atoms with Gasteiger partial charge in [0.15, 0.2) is 0 Å². The fourth-order valence-electron chi connectivity index (χ4n) is 3.68. The summed E-state index contributed by atoms with van der Waals surface area (Å²) in [4.78, 5) is 12.1. The first-order chi connectivity index (χ1) is 8.75. The molecule has 102 valence electrons. The lowest BCUT2D eigenvalue weighted by Gasteiger charge is -2.26. The van der Waals surface area contributed by atoms with E-state index in [0.717, 1.165) is 12.8 Å². The van der Waals surface area contributed by atoms with E-state index in [0.29, 0.717) is 30.7 Å². The van der Waals surface area contributed by atoms with E-state index in [-0.39, 0.29) is 11.9 Å². The Morgan fingerprint density at radius 2 is 1.94 bits per heavy atom. The van der Waals surface area contributed by atoms with Crippen LogP contribution in [-0.2, 0) is 14.3 Å². The van der Waals surface area contributed by atoms with Crippen molar-refractivity contribution in [3.8, 4) is 0 Å². The molecule has 0 radical (unpaired) electrons. The van der Waals surface area contributed by atoms with Gasteiger partial charge in [0.05, 0.1) is 24.7 Å². The molecule has 2 saturated carbocycles. The van der Waals surface area contributed by atoms with Crippen LogP contribution in [0.25, 0.3) is 0 Å². The van der Waals surface area contributed by atoms with Crippen molar-refractivity contribution in [1.29, 1.82) is 0 Å². The molecule has 18 heavy (non-hydrogen) atoms. The molecule has 0 aromatic carbocycles. The predicted octanol–water partition coefficient (Wildman–Crippen LogP) is 2.92. The Morgan fingerprint density at radius 1 is 1.17 bits per heavy atom. The van der Waals surface area contributed by atoms with Gasteiger partial charge in [-0.1, -0.05) is 26.2 Å². The Bertz CT molecular complexity index is 309. The zero-order valence-corrected chi connectivity index (χ0v) is 11.3. The molecule has 3 fully saturated rings. The van der Waals surface area contributed by atoms with Crippen LogP contribution in [0, 0.1) is 17.8 Å². The average Bonchev–Trinajstić information content (AvgIpc) is 3.18. The molecule has 3 aliphatic rings. The Balaban J connectivity index is 1.45. The van der Waals surface area contributed by atoms with Crippen LogP contribution in [0.2, 0.25) is 0 Å². The van der Waals surface area contributed by atoms with Crippen molar-refractivity contribution in [1.82, 2.24) is 0 Å². The van der Waals surface area contributed by atoms with Crippen LogP contribution >= 0.6 is 0 Å². The minimum atomic E-state index is 0.0297. The maximum absolute atomic E-state index is 12.1. The third-order valence-corrected chi connectivity index (χ3v) is 5.03. The minimum absolute atomic E-state index is 0.0297. The van der Waals surface area contributed by atoms with Crippen LogP contribution in [0.3, 0.4) is 0 Å². The summed E-state index contributed by atoms with van der Waals surface area (Å²) in [5, 5.41) is 0. The van der Waals surface area contributed by atoms with Gasteiger partial charge in [0.25, 0.3) is 0 Å². The molecule has 3 nitrogen and oxygen atoms in total. The topological polar surface area (TPSA) is 38.8 Å².